The summed E-state index contributed by atoms with van der Waals surface area (Å²) >= 11 is 0. The van der Waals surface area contributed by atoms with Crippen LogP contribution in [0, 0.1) is 5.92 Å². The quantitative estimate of drug-likeness (QED) is 0.248. The smallest absolute Gasteiger partial charge is 0.303 e. The summed E-state index contributed by atoms with van der Waals surface area (Å²) in [5.74, 6) is 0.0835. The molecule has 2 aromatic rings. The molecule has 3 atom stereocenters. The third-order valence-electron chi connectivity index (χ3n) is 7.36. The molecule has 0 spiro atoms. The average Bonchev–Trinajstić information content (AvgIpc) is 3.24. The van der Waals surface area contributed by atoms with Crippen LogP contribution in [0.4, 0.5) is 0 Å². The molecule has 1 aliphatic rings. The Labute approximate surface area is 211 Å². The van der Waals surface area contributed by atoms with Crippen LogP contribution in [0.3, 0.4) is 0 Å². The second kappa shape index (κ2) is 14.8. The molecule has 0 amide bonds. The molecule has 1 unspecified atom stereocenters. The minimum Gasteiger partial charge on any atom is -0.481 e. The number of carbonyl (C=O) groups is 2. The largest absolute Gasteiger partial charge is 0.481 e. The Balaban J connectivity index is 1.58. The summed E-state index contributed by atoms with van der Waals surface area (Å²) in [7, 11) is 0. The second-order valence-electron chi connectivity index (χ2n) is 10.0. The van der Waals surface area contributed by atoms with Crippen LogP contribution >= 0.6 is 0 Å². The van der Waals surface area contributed by atoms with Crippen LogP contribution in [0.2, 0.25) is 0 Å². The van der Waals surface area contributed by atoms with Gasteiger partial charge in [-0.25, -0.2) is 0 Å². The third kappa shape index (κ3) is 8.92. The molecule has 3 rings (SSSR count). The molecule has 4 heteroatoms. The molecule has 1 aliphatic carbocycles. The number of benzene rings is 2. The van der Waals surface area contributed by atoms with Crippen molar-refractivity contribution in [3.05, 3.63) is 71.3 Å². The van der Waals surface area contributed by atoms with Gasteiger partial charge in [0.1, 0.15) is 5.78 Å². The number of unbranched alkanes of at least 4 members (excludes halogenated alkanes) is 5. The number of ketones is 1. The average molecular weight is 479 g/mol. The fraction of sp³-hybridized carbons (Fsp3) is 0.548. The van der Waals surface area contributed by atoms with Gasteiger partial charge in [0, 0.05) is 18.8 Å². The van der Waals surface area contributed by atoms with Crippen LogP contribution < -0.4 is 0 Å². The van der Waals surface area contributed by atoms with Crippen LogP contribution in [0.5, 0.6) is 0 Å². The minimum atomic E-state index is -0.724. The molecule has 0 bridgehead atoms. The number of carboxylic acids is 1. The zero-order valence-electron chi connectivity index (χ0n) is 21.3. The van der Waals surface area contributed by atoms with E-state index >= 15 is 0 Å². The number of ether oxygens (including phenoxy) is 1. The zero-order chi connectivity index (χ0) is 24.9. The molecule has 0 heterocycles. The molecule has 1 N–H and O–H groups in total. The van der Waals surface area contributed by atoms with E-state index in [0.717, 1.165) is 51.4 Å². The molecule has 35 heavy (non-hydrogen) atoms. The molecule has 1 fully saturated rings. The van der Waals surface area contributed by atoms with E-state index in [4.69, 9.17) is 9.84 Å². The molecule has 0 saturated heterocycles. The molecular weight excluding hydrogens is 436 g/mol. The fourth-order valence-corrected chi connectivity index (χ4v) is 5.32. The Morgan fingerprint density at radius 3 is 2.43 bits per heavy atom. The van der Waals surface area contributed by atoms with Crippen LogP contribution in [0.15, 0.2) is 54.6 Å². The van der Waals surface area contributed by atoms with Crippen molar-refractivity contribution in [1.29, 1.82) is 0 Å². The monoisotopic (exact) mass is 478 g/mol. The highest BCUT2D eigenvalue weighted by Gasteiger charge is 2.35. The van der Waals surface area contributed by atoms with E-state index in [1.165, 1.54) is 29.5 Å². The van der Waals surface area contributed by atoms with Crippen molar-refractivity contribution >= 4 is 11.8 Å². The number of Topliss-reactive ketones (excluding diaryl/α,β-unsaturated/α-hetero) is 1. The Morgan fingerprint density at radius 2 is 1.71 bits per heavy atom. The van der Waals surface area contributed by atoms with Crippen molar-refractivity contribution in [1.82, 2.24) is 0 Å². The first-order chi connectivity index (χ1) is 17.1. The van der Waals surface area contributed by atoms with Crippen molar-refractivity contribution in [2.24, 2.45) is 5.92 Å². The summed E-state index contributed by atoms with van der Waals surface area (Å²) < 4.78 is 6.37. The normalized spacial score (nSPS) is 18.6. The zero-order valence-corrected chi connectivity index (χ0v) is 21.3. The highest BCUT2D eigenvalue weighted by Crippen LogP contribution is 2.40. The lowest BCUT2D eigenvalue weighted by atomic mass is 9.84. The standard InChI is InChI=1S/C31H42O4/c1-2-3-7-15-30(35-23-24-12-8-6-9-13-24)26-19-17-25(18-20-26)27-21-22-29(32)28(27)14-10-4-5-11-16-31(33)34/h6,8-9,12-13,17-20,27-28,30H,2-5,7,10-11,14-16,21-23H2,1H3,(H,33,34)/t27-,28-,30?/m1/s1. The Morgan fingerprint density at radius 1 is 0.971 bits per heavy atom. The molecule has 4 nitrogen and oxygen atoms in total. The molecule has 2 aromatic carbocycles. The number of rotatable bonds is 16. The molecule has 1 saturated carbocycles. The maximum Gasteiger partial charge on any atom is 0.303 e. The van der Waals surface area contributed by atoms with E-state index in [1.807, 2.05) is 6.07 Å². The minimum absolute atomic E-state index is 0.0858. The summed E-state index contributed by atoms with van der Waals surface area (Å²) in [5.41, 5.74) is 3.69. The van der Waals surface area contributed by atoms with Crippen molar-refractivity contribution in [3.63, 3.8) is 0 Å². The number of hydrogen-bond donors (Lipinski definition) is 1. The van der Waals surface area contributed by atoms with Crippen molar-refractivity contribution in [2.45, 2.75) is 103 Å². The number of carboxylic acid groups (broad SMARTS) is 1. The van der Waals surface area contributed by atoms with Gasteiger partial charge in [-0.3, -0.25) is 9.59 Å². The summed E-state index contributed by atoms with van der Waals surface area (Å²) in [6.07, 6.45) is 11.1. The van der Waals surface area contributed by atoms with Crippen LogP contribution in [0.25, 0.3) is 0 Å². The van der Waals surface area contributed by atoms with Gasteiger partial charge in [0.2, 0.25) is 0 Å². The summed E-state index contributed by atoms with van der Waals surface area (Å²) in [6, 6.07) is 19.2. The van der Waals surface area contributed by atoms with Gasteiger partial charge in [0.25, 0.3) is 0 Å². The van der Waals surface area contributed by atoms with Crippen LogP contribution in [-0.4, -0.2) is 16.9 Å². The number of carbonyl (C=O) groups excluding carboxylic acids is 1. The van der Waals surface area contributed by atoms with Gasteiger partial charge in [0.05, 0.1) is 12.7 Å². The molecule has 0 aliphatic heterocycles. The van der Waals surface area contributed by atoms with Crippen molar-refractivity contribution in [3.8, 4) is 0 Å². The molecular formula is C31H42O4. The van der Waals surface area contributed by atoms with Gasteiger partial charge in [-0.1, -0.05) is 100 Å². The van der Waals surface area contributed by atoms with Gasteiger partial charge in [-0.05, 0) is 48.3 Å². The van der Waals surface area contributed by atoms with Gasteiger partial charge < -0.3 is 9.84 Å². The summed E-state index contributed by atoms with van der Waals surface area (Å²) in [5, 5.41) is 8.78. The van der Waals surface area contributed by atoms with E-state index in [0.29, 0.717) is 24.7 Å². The van der Waals surface area contributed by atoms with Crippen molar-refractivity contribution < 1.29 is 19.4 Å². The number of hydrogen-bond acceptors (Lipinski definition) is 3. The van der Waals surface area contributed by atoms with E-state index in [2.05, 4.69) is 55.5 Å². The topological polar surface area (TPSA) is 63.6 Å². The summed E-state index contributed by atoms with van der Waals surface area (Å²) in [4.78, 5) is 23.3. The van der Waals surface area contributed by atoms with Gasteiger partial charge in [-0.15, -0.1) is 0 Å². The lowest BCUT2D eigenvalue weighted by Crippen LogP contribution is -2.14. The number of aliphatic carboxylic acids is 1. The Kier molecular flexibility index (Phi) is 11.5. The fourth-order valence-electron chi connectivity index (χ4n) is 5.32. The third-order valence-corrected chi connectivity index (χ3v) is 7.36. The first kappa shape index (κ1) is 27.1. The van der Waals surface area contributed by atoms with E-state index < -0.39 is 5.97 Å². The lowest BCUT2D eigenvalue weighted by molar-refractivity contribution is -0.137. The van der Waals surface area contributed by atoms with Gasteiger partial charge >= 0.3 is 5.97 Å². The SMILES string of the molecule is CCCCCC(OCc1ccccc1)c1ccc([C@H]2CCC(=O)[C@@H]2CCCCCCC(=O)O)cc1. The first-order valence-electron chi connectivity index (χ1n) is 13.6. The Bertz CT molecular complexity index is 890. The first-order valence-corrected chi connectivity index (χ1v) is 13.6. The maximum atomic E-state index is 12.6. The lowest BCUT2D eigenvalue weighted by Gasteiger charge is -2.22. The highest BCUT2D eigenvalue weighted by atomic mass is 16.5. The van der Waals surface area contributed by atoms with E-state index in [9.17, 15) is 9.59 Å². The predicted octanol–water partition coefficient (Wildman–Crippen LogP) is 8.01. The highest BCUT2D eigenvalue weighted by molar-refractivity contribution is 5.84. The molecule has 0 aromatic heterocycles. The second-order valence-corrected chi connectivity index (χ2v) is 10.0. The van der Waals surface area contributed by atoms with Crippen LogP contribution in [0.1, 0.15) is 113 Å². The van der Waals surface area contributed by atoms with E-state index in [-0.39, 0.29) is 18.4 Å². The van der Waals surface area contributed by atoms with E-state index in [1.54, 1.807) is 0 Å². The predicted molar refractivity (Wildman–Crippen MR) is 140 cm³/mol. The Hall–Kier alpha value is -2.46. The van der Waals surface area contributed by atoms with Gasteiger partial charge in [0.15, 0.2) is 0 Å². The summed E-state index contributed by atoms with van der Waals surface area (Å²) in [6.45, 7) is 2.84. The molecule has 0 radical (unpaired) electrons. The van der Waals surface area contributed by atoms with Gasteiger partial charge in [-0.2, -0.15) is 0 Å². The van der Waals surface area contributed by atoms with Crippen LogP contribution in [-0.2, 0) is 20.9 Å². The molecule has 190 valence electrons. The van der Waals surface area contributed by atoms with Crippen molar-refractivity contribution in [2.75, 3.05) is 0 Å². The maximum absolute atomic E-state index is 12.6.